The van der Waals surface area contributed by atoms with Crippen LogP contribution < -0.4 is 0 Å². The number of carbonyl (C=O) groups is 3. The summed E-state index contributed by atoms with van der Waals surface area (Å²) in [7, 11) is 1.35. The number of carboxylic acids is 1. The fourth-order valence-corrected chi connectivity index (χ4v) is 12.6. The van der Waals surface area contributed by atoms with Gasteiger partial charge in [0, 0.05) is 5.41 Å². The lowest BCUT2D eigenvalue weighted by Gasteiger charge is -2.72. The van der Waals surface area contributed by atoms with Crippen molar-refractivity contribution in [2.75, 3.05) is 7.11 Å². The van der Waals surface area contributed by atoms with Gasteiger partial charge < -0.3 is 14.6 Å². The maximum atomic E-state index is 13.1. The Kier molecular flexibility index (Phi) is 7.82. The Balaban J connectivity index is 1.41. The smallest absolute Gasteiger partial charge is 0.311 e. The molecule has 0 aromatic heterocycles. The summed E-state index contributed by atoms with van der Waals surface area (Å²) < 4.78 is 11.1. The number of methoxy groups -OCH3 is 1. The van der Waals surface area contributed by atoms with Gasteiger partial charge in [-0.1, -0.05) is 46.8 Å². The molecule has 43 heavy (non-hydrogen) atoms. The number of esters is 2. The number of hydrogen-bond acceptors (Lipinski definition) is 5. The van der Waals surface area contributed by atoms with E-state index in [0.29, 0.717) is 23.7 Å². The minimum Gasteiger partial charge on any atom is -0.481 e. The normalized spacial score (nSPS) is 45.0. The predicted molar refractivity (Wildman–Crippen MR) is 167 cm³/mol. The lowest BCUT2D eigenvalue weighted by Crippen LogP contribution is -2.67. The van der Waals surface area contributed by atoms with Gasteiger partial charge in [0.1, 0.15) is 6.10 Å². The first kappa shape index (κ1) is 32.5. The van der Waals surface area contributed by atoms with Gasteiger partial charge in [-0.2, -0.15) is 0 Å². The summed E-state index contributed by atoms with van der Waals surface area (Å²) in [5.74, 6) is 0.587. The summed E-state index contributed by atoms with van der Waals surface area (Å²) in [4.78, 5) is 38.2. The molecule has 0 bridgehead atoms. The molecule has 0 aliphatic heterocycles. The van der Waals surface area contributed by atoms with Gasteiger partial charge in [0.15, 0.2) is 0 Å². The Labute approximate surface area is 260 Å². The highest BCUT2D eigenvalue weighted by molar-refractivity contribution is 5.82. The molecule has 0 spiro atoms. The Bertz CT molecular complexity index is 1190. The van der Waals surface area contributed by atoms with E-state index in [1.54, 1.807) is 13.8 Å². The van der Waals surface area contributed by atoms with Crippen molar-refractivity contribution in [3.05, 3.63) is 12.2 Å². The summed E-state index contributed by atoms with van der Waals surface area (Å²) in [6.07, 6.45) is 9.71. The van der Waals surface area contributed by atoms with Crippen molar-refractivity contribution >= 4 is 17.9 Å². The molecule has 5 rings (SSSR count). The molecule has 5 aliphatic carbocycles. The van der Waals surface area contributed by atoms with Gasteiger partial charge in [0.05, 0.1) is 24.4 Å². The zero-order valence-electron chi connectivity index (χ0n) is 28.4. The highest BCUT2D eigenvalue weighted by atomic mass is 16.5. The highest BCUT2D eigenvalue weighted by Gasteiger charge is 2.72. The first-order valence-electron chi connectivity index (χ1n) is 17.0. The van der Waals surface area contributed by atoms with Crippen LogP contribution in [-0.2, 0) is 23.9 Å². The Morgan fingerprint density at radius 1 is 0.860 bits per heavy atom. The minimum absolute atomic E-state index is 0.0127. The Hall–Kier alpha value is -1.85. The van der Waals surface area contributed by atoms with E-state index < -0.39 is 22.8 Å². The van der Waals surface area contributed by atoms with Gasteiger partial charge in [-0.25, -0.2) is 0 Å². The number of rotatable bonds is 6. The number of carboxylic acid groups (broad SMARTS) is 1. The molecule has 0 aromatic carbocycles. The average Bonchev–Trinajstić information content (AvgIpc) is 3.31. The van der Waals surface area contributed by atoms with Crippen LogP contribution in [0.1, 0.15) is 126 Å². The van der Waals surface area contributed by atoms with Crippen LogP contribution in [-0.4, -0.2) is 36.2 Å². The van der Waals surface area contributed by atoms with Crippen LogP contribution in [0, 0.1) is 62.1 Å². The maximum absolute atomic E-state index is 13.1. The third kappa shape index (κ3) is 4.48. The molecular weight excluding hydrogens is 540 g/mol. The standard InChI is InChI=1S/C37H58O6/c1-22(2)23-13-18-37(30(39)40)20-19-35(8)24(29(23)37)11-12-26-34(7)16-15-27(33(5,6)25(34)14-17-36(26,35)9)43-28(38)21-32(3,4)31(41)42-10/h23-27,29H,1,11-21H2,2-10H3,(H,39,40)/t23-,24?,25?,26?,27?,29?,34?,35+,36?,37?/m0/s1. The molecule has 6 heteroatoms. The molecule has 6 nitrogen and oxygen atoms in total. The second kappa shape index (κ2) is 10.3. The quantitative estimate of drug-likeness (QED) is 0.245. The Morgan fingerprint density at radius 2 is 1.53 bits per heavy atom. The van der Waals surface area contributed by atoms with Crippen LogP contribution in [0.5, 0.6) is 0 Å². The first-order valence-corrected chi connectivity index (χ1v) is 17.0. The van der Waals surface area contributed by atoms with E-state index in [4.69, 9.17) is 9.47 Å². The molecule has 0 radical (unpaired) electrons. The molecule has 0 aromatic rings. The number of hydrogen-bond donors (Lipinski definition) is 1. The predicted octanol–water partition coefficient (Wildman–Crippen LogP) is 8.23. The number of allylic oxidation sites excluding steroid dienone is 1. The molecule has 242 valence electrons. The minimum atomic E-state index is -0.916. The van der Waals surface area contributed by atoms with E-state index in [2.05, 4.69) is 48.1 Å². The van der Waals surface area contributed by atoms with Gasteiger partial charge in [0.2, 0.25) is 0 Å². The van der Waals surface area contributed by atoms with Gasteiger partial charge in [-0.05, 0) is 131 Å². The molecule has 0 saturated heterocycles. The van der Waals surface area contributed by atoms with E-state index >= 15 is 0 Å². The fourth-order valence-electron chi connectivity index (χ4n) is 12.6. The Morgan fingerprint density at radius 3 is 2.14 bits per heavy atom. The zero-order valence-corrected chi connectivity index (χ0v) is 28.4. The zero-order chi connectivity index (χ0) is 32.0. The molecule has 5 aliphatic rings. The maximum Gasteiger partial charge on any atom is 0.311 e. The molecule has 8 unspecified atom stereocenters. The molecule has 0 heterocycles. The second-order valence-corrected chi connectivity index (χ2v) is 17.5. The molecular formula is C37H58O6. The fraction of sp³-hybridized carbons (Fsp3) is 0.865. The molecule has 5 fully saturated rings. The topological polar surface area (TPSA) is 89.9 Å². The van der Waals surface area contributed by atoms with E-state index in [1.165, 1.54) is 12.7 Å². The number of carbonyl (C=O) groups excluding carboxylic acids is 2. The molecule has 10 atom stereocenters. The summed E-state index contributed by atoms with van der Waals surface area (Å²) in [6.45, 7) is 22.2. The van der Waals surface area contributed by atoms with Crippen LogP contribution in [0.15, 0.2) is 12.2 Å². The SMILES string of the molecule is C=C(C)[C@@H]1CCC2(C(=O)O)CC[C@]3(C)C(CCC4C5(C)CCC(OC(=O)CC(C)(C)C(=O)OC)C(C)(C)C5CCC43C)C12. The van der Waals surface area contributed by atoms with Crippen molar-refractivity contribution in [1.82, 2.24) is 0 Å². The summed E-state index contributed by atoms with van der Waals surface area (Å²) >= 11 is 0. The first-order chi connectivity index (χ1) is 19.8. The number of ether oxygens (including phenoxy) is 2. The van der Waals surface area contributed by atoms with Crippen LogP contribution in [0.3, 0.4) is 0 Å². The van der Waals surface area contributed by atoms with Gasteiger partial charge in [0.25, 0.3) is 0 Å². The van der Waals surface area contributed by atoms with E-state index in [1.807, 2.05) is 0 Å². The molecule has 5 saturated carbocycles. The van der Waals surface area contributed by atoms with Gasteiger partial charge in [-0.15, -0.1) is 0 Å². The second-order valence-electron chi connectivity index (χ2n) is 17.5. The highest BCUT2D eigenvalue weighted by Crippen LogP contribution is 2.77. The van der Waals surface area contributed by atoms with Crippen molar-refractivity contribution in [3.63, 3.8) is 0 Å². The number of aliphatic carboxylic acids is 1. The van der Waals surface area contributed by atoms with E-state index in [-0.39, 0.29) is 46.1 Å². The van der Waals surface area contributed by atoms with Crippen molar-refractivity contribution in [2.24, 2.45) is 62.1 Å². The summed E-state index contributed by atoms with van der Waals surface area (Å²) in [5.41, 5.74) is -0.158. The van der Waals surface area contributed by atoms with Crippen molar-refractivity contribution < 1.29 is 29.0 Å². The summed E-state index contributed by atoms with van der Waals surface area (Å²) in [6, 6.07) is 0. The van der Waals surface area contributed by atoms with Crippen molar-refractivity contribution in [2.45, 2.75) is 132 Å². The molecule has 1 N–H and O–H groups in total. The van der Waals surface area contributed by atoms with Crippen LogP contribution in [0.4, 0.5) is 0 Å². The van der Waals surface area contributed by atoms with Crippen molar-refractivity contribution in [1.29, 1.82) is 0 Å². The average molecular weight is 599 g/mol. The van der Waals surface area contributed by atoms with Crippen LogP contribution in [0.25, 0.3) is 0 Å². The third-order valence-corrected chi connectivity index (χ3v) is 15.0. The largest absolute Gasteiger partial charge is 0.481 e. The van der Waals surface area contributed by atoms with E-state index in [0.717, 1.165) is 64.2 Å². The lowest BCUT2D eigenvalue weighted by atomic mass is 9.32. The monoisotopic (exact) mass is 598 g/mol. The van der Waals surface area contributed by atoms with E-state index in [9.17, 15) is 19.5 Å². The van der Waals surface area contributed by atoms with Gasteiger partial charge in [-0.3, -0.25) is 14.4 Å². The van der Waals surface area contributed by atoms with Crippen LogP contribution >= 0.6 is 0 Å². The lowest BCUT2D eigenvalue weighted by molar-refractivity contribution is -0.250. The third-order valence-electron chi connectivity index (χ3n) is 15.0. The van der Waals surface area contributed by atoms with Gasteiger partial charge >= 0.3 is 17.9 Å². The summed E-state index contributed by atoms with van der Waals surface area (Å²) in [5, 5.41) is 10.6. The van der Waals surface area contributed by atoms with Crippen molar-refractivity contribution in [3.8, 4) is 0 Å². The van der Waals surface area contributed by atoms with Crippen LogP contribution in [0.2, 0.25) is 0 Å². The molecule has 0 amide bonds. The number of fused-ring (bicyclic) bond motifs is 7.